The third-order valence-corrected chi connectivity index (χ3v) is 7.18. The Morgan fingerprint density at radius 1 is 0.889 bits per heavy atom. The lowest BCUT2D eigenvalue weighted by molar-refractivity contribution is -0.140. The van der Waals surface area contributed by atoms with E-state index in [-0.39, 0.29) is 11.9 Å². The average molecular weight is 371 g/mol. The van der Waals surface area contributed by atoms with Gasteiger partial charge in [0.1, 0.15) is 5.75 Å². The van der Waals surface area contributed by atoms with Crippen LogP contribution in [0.5, 0.6) is 5.75 Å². The first-order valence-corrected chi connectivity index (χ1v) is 11.5. The molecular formula is C25H38O2. The summed E-state index contributed by atoms with van der Waals surface area (Å²) in [7, 11) is 0. The van der Waals surface area contributed by atoms with Gasteiger partial charge in [-0.3, -0.25) is 4.79 Å². The number of carbonyl (C=O) groups excluding carboxylic acids is 1. The van der Waals surface area contributed by atoms with Gasteiger partial charge in [0, 0.05) is 0 Å². The van der Waals surface area contributed by atoms with E-state index in [2.05, 4.69) is 26.0 Å². The Labute approximate surface area is 166 Å². The van der Waals surface area contributed by atoms with Crippen molar-refractivity contribution < 1.29 is 9.53 Å². The highest BCUT2D eigenvalue weighted by Crippen LogP contribution is 2.42. The largest absolute Gasteiger partial charge is 0.426 e. The van der Waals surface area contributed by atoms with Gasteiger partial charge in [-0.05, 0) is 80.4 Å². The Balaban J connectivity index is 1.40. The van der Waals surface area contributed by atoms with Gasteiger partial charge in [-0.25, -0.2) is 0 Å². The van der Waals surface area contributed by atoms with Gasteiger partial charge in [-0.2, -0.15) is 0 Å². The van der Waals surface area contributed by atoms with Crippen LogP contribution in [0.2, 0.25) is 0 Å². The molecule has 0 atom stereocenters. The van der Waals surface area contributed by atoms with Crippen LogP contribution in [0.15, 0.2) is 24.3 Å². The van der Waals surface area contributed by atoms with Crippen LogP contribution in [-0.2, 0) is 11.2 Å². The molecule has 0 heterocycles. The lowest BCUT2D eigenvalue weighted by Gasteiger charge is -2.37. The minimum atomic E-state index is -0.0130. The zero-order valence-electron chi connectivity index (χ0n) is 17.4. The topological polar surface area (TPSA) is 26.3 Å². The molecule has 0 N–H and O–H groups in total. The van der Waals surface area contributed by atoms with E-state index in [1.54, 1.807) is 0 Å². The maximum atomic E-state index is 12.5. The molecule has 2 aliphatic carbocycles. The maximum Gasteiger partial charge on any atom is 0.314 e. The first-order chi connectivity index (χ1) is 13.2. The van der Waals surface area contributed by atoms with Crippen molar-refractivity contribution in [1.29, 1.82) is 0 Å². The third-order valence-electron chi connectivity index (χ3n) is 7.18. The molecule has 0 spiro atoms. The van der Waals surface area contributed by atoms with Crippen molar-refractivity contribution in [2.45, 2.75) is 90.9 Å². The predicted octanol–water partition coefficient (Wildman–Crippen LogP) is 6.96. The van der Waals surface area contributed by atoms with E-state index in [4.69, 9.17) is 4.74 Å². The molecule has 0 aromatic heterocycles. The van der Waals surface area contributed by atoms with E-state index in [9.17, 15) is 4.79 Å². The van der Waals surface area contributed by atoms with Crippen LogP contribution < -0.4 is 4.74 Å². The van der Waals surface area contributed by atoms with Gasteiger partial charge in [0.25, 0.3) is 0 Å². The smallest absolute Gasteiger partial charge is 0.314 e. The lowest BCUT2D eigenvalue weighted by Crippen LogP contribution is -2.30. The van der Waals surface area contributed by atoms with Crippen LogP contribution >= 0.6 is 0 Å². The van der Waals surface area contributed by atoms with E-state index < -0.39 is 0 Å². The fourth-order valence-electron chi connectivity index (χ4n) is 5.26. The quantitative estimate of drug-likeness (QED) is 0.383. The molecule has 0 aliphatic heterocycles. The number of aryl methyl sites for hydroxylation is 1. The summed E-state index contributed by atoms with van der Waals surface area (Å²) in [6.07, 6.45) is 15.4. The van der Waals surface area contributed by atoms with E-state index in [1.165, 1.54) is 63.4 Å². The van der Waals surface area contributed by atoms with Gasteiger partial charge in [-0.15, -0.1) is 0 Å². The highest BCUT2D eigenvalue weighted by Gasteiger charge is 2.33. The molecule has 27 heavy (non-hydrogen) atoms. The molecule has 1 aromatic carbocycles. The zero-order valence-corrected chi connectivity index (χ0v) is 17.4. The first-order valence-electron chi connectivity index (χ1n) is 11.5. The second-order valence-corrected chi connectivity index (χ2v) is 8.95. The molecule has 2 fully saturated rings. The molecule has 0 radical (unpaired) electrons. The summed E-state index contributed by atoms with van der Waals surface area (Å²) >= 11 is 0. The van der Waals surface area contributed by atoms with Crippen molar-refractivity contribution >= 4 is 5.97 Å². The zero-order chi connectivity index (χ0) is 19.1. The number of ether oxygens (including phenoxy) is 1. The summed E-state index contributed by atoms with van der Waals surface area (Å²) in [4.78, 5) is 12.5. The van der Waals surface area contributed by atoms with Crippen molar-refractivity contribution in [2.75, 3.05) is 0 Å². The van der Waals surface area contributed by atoms with Crippen molar-refractivity contribution in [1.82, 2.24) is 0 Å². The lowest BCUT2D eigenvalue weighted by atomic mass is 9.68. The van der Waals surface area contributed by atoms with Gasteiger partial charge in [0.15, 0.2) is 0 Å². The Morgan fingerprint density at radius 2 is 1.48 bits per heavy atom. The Kier molecular flexibility index (Phi) is 7.79. The van der Waals surface area contributed by atoms with Gasteiger partial charge >= 0.3 is 5.97 Å². The second-order valence-electron chi connectivity index (χ2n) is 8.95. The average Bonchev–Trinajstić information content (AvgIpc) is 2.73. The minimum absolute atomic E-state index is 0.0130. The first kappa shape index (κ1) is 20.4. The Bertz CT molecular complexity index is 560. The molecule has 0 amide bonds. The molecule has 1 aromatic rings. The Morgan fingerprint density at radius 3 is 2.04 bits per heavy atom. The van der Waals surface area contributed by atoms with Crippen molar-refractivity contribution in [2.24, 2.45) is 23.7 Å². The number of rotatable bonds is 7. The molecule has 2 saturated carbocycles. The predicted molar refractivity (Wildman–Crippen MR) is 112 cm³/mol. The molecule has 3 rings (SSSR count). The van der Waals surface area contributed by atoms with Crippen LogP contribution in [0.4, 0.5) is 0 Å². The van der Waals surface area contributed by atoms with Gasteiger partial charge < -0.3 is 4.74 Å². The minimum Gasteiger partial charge on any atom is -0.426 e. The third kappa shape index (κ3) is 5.83. The van der Waals surface area contributed by atoms with Crippen LogP contribution in [0, 0.1) is 23.7 Å². The molecule has 0 bridgehead atoms. The number of esters is 1. The fourth-order valence-corrected chi connectivity index (χ4v) is 5.26. The van der Waals surface area contributed by atoms with E-state index >= 15 is 0 Å². The Hall–Kier alpha value is -1.31. The molecule has 0 unspecified atom stereocenters. The van der Waals surface area contributed by atoms with Crippen molar-refractivity contribution in [3.63, 3.8) is 0 Å². The van der Waals surface area contributed by atoms with E-state index in [0.717, 1.165) is 37.0 Å². The monoisotopic (exact) mass is 370 g/mol. The van der Waals surface area contributed by atoms with Crippen molar-refractivity contribution in [3.05, 3.63) is 29.8 Å². The second kappa shape index (κ2) is 10.3. The standard InChI is InChI=1S/C25H38O2/c1-3-5-6-20-7-11-21(12-8-20)22-13-15-23(16-14-22)25(26)27-24-17-9-19(4-2)10-18-24/h9-10,17-18,20-23H,3-8,11-16H2,1-2H3. The highest BCUT2D eigenvalue weighted by atomic mass is 16.5. The molecule has 0 saturated heterocycles. The van der Waals surface area contributed by atoms with Crippen LogP contribution in [0.3, 0.4) is 0 Å². The van der Waals surface area contributed by atoms with E-state index in [1.807, 2.05) is 12.1 Å². The van der Waals surface area contributed by atoms with Gasteiger partial charge in [-0.1, -0.05) is 58.1 Å². The summed E-state index contributed by atoms with van der Waals surface area (Å²) in [5.41, 5.74) is 1.28. The normalized spacial score (nSPS) is 28.7. The number of benzene rings is 1. The van der Waals surface area contributed by atoms with Crippen LogP contribution in [0.1, 0.15) is 90.0 Å². The van der Waals surface area contributed by atoms with E-state index in [0.29, 0.717) is 5.75 Å². The summed E-state index contributed by atoms with van der Waals surface area (Å²) in [5.74, 6) is 3.55. The number of unbranched alkanes of at least 4 members (excludes halogenated alkanes) is 1. The summed E-state index contributed by atoms with van der Waals surface area (Å²) in [5, 5.41) is 0. The highest BCUT2D eigenvalue weighted by molar-refractivity contribution is 5.75. The summed E-state index contributed by atoms with van der Waals surface area (Å²) in [6, 6.07) is 7.96. The maximum absolute atomic E-state index is 12.5. The van der Waals surface area contributed by atoms with Gasteiger partial charge in [0.2, 0.25) is 0 Å². The summed E-state index contributed by atoms with van der Waals surface area (Å²) in [6.45, 7) is 4.44. The molecule has 2 nitrogen and oxygen atoms in total. The molecule has 2 heteroatoms. The molecule has 150 valence electrons. The van der Waals surface area contributed by atoms with Gasteiger partial charge in [0.05, 0.1) is 5.92 Å². The number of carbonyl (C=O) groups is 1. The fraction of sp³-hybridized carbons (Fsp3) is 0.720. The molecular weight excluding hydrogens is 332 g/mol. The SMILES string of the molecule is CCCCC1CCC(C2CCC(C(=O)Oc3ccc(CC)cc3)CC2)CC1. The number of hydrogen-bond acceptors (Lipinski definition) is 2. The summed E-state index contributed by atoms with van der Waals surface area (Å²) < 4.78 is 5.65. The van der Waals surface area contributed by atoms with Crippen molar-refractivity contribution in [3.8, 4) is 5.75 Å². The van der Waals surface area contributed by atoms with Crippen LogP contribution in [-0.4, -0.2) is 5.97 Å². The number of hydrogen-bond donors (Lipinski definition) is 0. The van der Waals surface area contributed by atoms with Crippen LogP contribution in [0.25, 0.3) is 0 Å². The molecule has 2 aliphatic rings.